The van der Waals surface area contributed by atoms with E-state index in [0.29, 0.717) is 19.4 Å². The van der Waals surface area contributed by atoms with E-state index in [1.165, 1.54) is 16.4 Å². The van der Waals surface area contributed by atoms with E-state index in [9.17, 15) is 17.9 Å². The second kappa shape index (κ2) is 7.65. The molecule has 0 saturated carbocycles. The first-order chi connectivity index (χ1) is 15.3. The molecule has 1 saturated heterocycles. The van der Waals surface area contributed by atoms with Crippen molar-refractivity contribution in [3.8, 4) is 5.69 Å². The van der Waals surface area contributed by atoms with E-state index in [4.69, 9.17) is 0 Å². The monoisotopic (exact) mass is 453 g/mol. The van der Waals surface area contributed by atoms with Crippen LogP contribution in [0.5, 0.6) is 0 Å². The fourth-order valence-electron chi connectivity index (χ4n) is 4.69. The number of halogens is 1. The zero-order valence-electron chi connectivity index (χ0n) is 17.7. The maximum absolute atomic E-state index is 13.3. The molecule has 0 unspecified atom stereocenters. The van der Waals surface area contributed by atoms with Crippen molar-refractivity contribution in [3.05, 3.63) is 82.9 Å². The summed E-state index contributed by atoms with van der Waals surface area (Å²) in [5.41, 5.74) is 3.91. The molecule has 1 N–H and O–H groups in total. The molecule has 0 spiro atoms. The summed E-state index contributed by atoms with van der Waals surface area (Å²) in [6.07, 6.45) is 4.78. The smallest absolute Gasteiger partial charge is 0.243 e. The number of rotatable bonds is 4. The van der Waals surface area contributed by atoms with Gasteiger partial charge in [-0.25, -0.2) is 17.5 Å². The highest BCUT2D eigenvalue weighted by Gasteiger charge is 2.45. The van der Waals surface area contributed by atoms with Gasteiger partial charge in [-0.2, -0.15) is 9.40 Å². The molecule has 3 aromatic rings. The van der Waals surface area contributed by atoms with Crippen LogP contribution < -0.4 is 0 Å². The van der Waals surface area contributed by atoms with E-state index in [2.05, 4.69) is 5.10 Å². The Morgan fingerprint density at radius 2 is 1.84 bits per heavy atom. The number of nitrogens with zero attached hydrogens (tertiary/aromatic N) is 3. The molecule has 2 aliphatic rings. The largest absolute Gasteiger partial charge is 0.395 e. The number of aliphatic hydroxyl groups is 1. The van der Waals surface area contributed by atoms with Gasteiger partial charge in [-0.1, -0.05) is 23.3 Å². The van der Waals surface area contributed by atoms with Crippen molar-refractivity contribution in [2.75, 3.05) is 19.7 Å². The number of benzene rings is 2. The number of aryl methyl sites for hydroxylation is 1. The Morgan fingerprint density at radius 1 is 1.12 bits per heavy atom. The Morgan fingerprint density at radius 3 is 2.53 bits per heavy atom. The molecule has 5 rings (SSSR count). The molecule has 2 heterocycles. The molecule has 0 bridgehead atoms. The van der Waals surface area contributed by atoms with Crippen molar-refractivity contribution >= 4 is 16.1 Å². The minimum atomic E-state index is -3.66. The molecule has 2 aromatic carbocycles. The first-order valence-electron chi connectivity index (χ1n) is 10.5. The second-order valence-corrected chi connectivity index (χ2v) is 10.6. The van der Waals surface area contributed by atoms with Gasteiger partial charge >= 0.3 is 0 Å². The molecule has 32 heavy (non-hydrogen) atoms. The van der Waals surface area contributed by atoms with Gasteiger partial charge in [-0.05, 0) is 67.8 Å². The average Bonchev–Trinajstić information content (AvgIpc) is 3.20. The summed E-state index contributed by atoms with van der Waals surface area (Å²) in [6, 6.07) is 13.0. The molecule has 1 aliphatic carbocycles. The molecule has 0 amide bonds. The number of hydrogen-bond acceptors (Lipinski definition) is 4. The van der Waals surface area contributed by atoms with E-state index >= 15 is 0 Å². The maximum atomic E-state index is 13.3. The Balaban J connectivity index is 1.49. The predicted octanol–water partition coefficient (Wildman–Crippen LogP) is 3.33. The Labute approximate surface area is 186 Å². The molecule has 8 heteroatoms. The summed E-state index contributed by atoms with van der Waals surface area (Å²) in [4.78, 5) is 0.268. The molecule has 1 aliphatic heterocycles. The van der Waals surface area contributed by atoms with Gasteiger partial charge in [0.25, 0.3) is 0 Å². The van der Waals surface area contributed by atoms with Crippen molar-refractivity contribution in [2.24, 2.45) is 5.41 Å². The molecular weight excluding hydrogens is 429 g/mol. The highest BCUT2D eigenvalue weighted by Crippen LogP contribution is 2.45. The van der Waals surface area contributed by atoms with Gasteiger partial charge in [0.05, 0.1) is 29.1 Å². The Bertz CT molecular complexity index is 1300. The summed E-state index contributed by atoms with van der Waals surface area (Å²) >= 11 is 0. The van der Waals surface area contributed by atoms with Gasteiger partial charge in [0.2, 0.25) is 10.0 Å². The van der Waals surface area contributed by atoms with E-state index in [1.54, 1.807) is 47.3 Å². The quantitative estimate of drug-likeness (QED) is 0.658. The first kappa shape index (κ1) is 21.1. The molecule has 1 atom stereocenters. The summed E-state index contributed by atoms with van der Waals surface area (Å²) < 4.78 is 43.1. The third kappa shape index (κ3) is 3.39. The summed E-state index contributed by atoms with van der Waals surface area (Å²) in [6.45, 7) is 2.33. The van der Waals surface area contributed by atoms with Crippen LogP contribution in [0.2, 0.25) is 0 Å². The molecule has 1 aromatic heterocycles. The van der Waals surface area contributed by atoms with E-state index < -0.39 is 15.4 Å². The fraction of sp³-hybridized carbons (Fsp3) is 0.292. The van der Waals surface area contributed by atoms with Crippen LogP contribution in [0.15, 0.2) is 65.2 Å². The Kier molecular flexibility index (Phi) is 5.03. The van der Waals surface area contributed by atoms with E-state index in [1.807, 2.05) is 13.0 Å². The van der Waals surface area contributed by atoms with Crippen LogP contribution in [-0.2, 0) is 16.4 Å². The minimum absolute atomic E-state index is 0.153. The van der Waals surface area contributed by atoms with Gasteiger partial charge in [0.15, 0.2) is 0 Å². The standard InChI is InChI=1S/C24H24FN3O3S/c1-17-2-8-22(9-3-17)32(30,31)27-11-10-19-12-23-18(13-24(19,15-27)16-29)14-26-28(23)21-6-4-20(25)5-7-21/h2-9,12,14,29H,10-11,13,15-16H2,1H3/t24-/m1/s1. The van der Waals surface area contributed by atoms with Crippen molar-refractivity contribution in [1.29, 1.82) is 0 Å². The van der Waals surface area contributed by atoms with E-state index in [0.717, 1.165) is 28.1 Å². The lowest BCUT2D eigenvalue weighted by Crippen LogP contribution is -2.51. The van der Waals surface area contributed by atoms with Crippen molar-refractivity contribution < 1.29 is 17.9 Å². The lowest BCUT2D eigenvalue weighted by atomic mass is 9.69. The number of piperidine rings is 1. The van der Waals surface area contributed by atoms with Crippen molar-refractivity contribution in [2.45, 2.75) is 24.7 Å². The molecule has 166 valence electrons. The lowest BCUT2D eigenvalue weighted by Gasteiger charge is -2.45. The van der Waals surface area contributed by atoms with Crippen LogP contribution in [0.1, 0.15) is 23.2 Å². The van der Waals surface area contributed by atoms with E-state index in [-0.39, 0.29) is 23.9 Å². The topological polar surface area (TPSA) is 75.4 Å². The summed E-state index contributed by atoms with van der Waals surface area (Å²) in [5.74, 6) is -0.311. The zero-order chi connectivity index (χ0) is 22.5. The third-order valence-electron chi connectivity index (χ3n) is 6.55. The van der Waals surface area contributed by atoms with Crippen LogP contribution in [0.25, 0.3) is 11.8 Å². The molecule has 1 fully saturated rings. The maximum Gasteiger partial charge on any atom is 0.243 e. The highest BCUT2D eigenvalue weighted by atomic mass is 32.2. The number of aromatic nitrogens is 2. The Hall–Kier alpha value is -2.81. The van der Waals surface area contributed by atoms with Crippen LogP contribution in [0.4, 0.5) is 4.39 Å². The summed E-state index contributed by atoms with van der Waals surface area (Å²) in [5, 5.41) is 14.9. The highest BCUT2D eigenvalue weighted by molar-refractivity contribution is 7.89. The van der Waals surface area contributed by atoms with Crippen LogP contribution in [0.3, 0.4) is 0 Å². The summed E-state index contributed by atoms with van der Waals surface area (Å²) in [7, 11) is -3.66. The number of sulfonamides is 1. The van der Waals surface area contributed by atoms with Crippen molar-refractivity contribution in [3.63, 3.8) is 0 Å². The molecule has 6 nitrogen and oxygen atoms in total. The van der Waals surface area contributed by atoms with Crippen LogP contribution >= 0.6 is 0 Å². The van der Waals surface area contributed by atoms with Gasteiger partial charge in [-0.3, -0.25) is 0 Å². The lowest BCUT2D eigenvalue weighted by molar-refractivity contribution is 0.111. The van der Waals surface area contributed by atoms with Gasteiger partial charge in [-0.15, -0.1) is 0 Å². The number of fused-ring (bicyclic) bond motifs is 2. The van der Waals surface area contributed by atoms with Gasteiger partial charge in [0.1, 0.15) is 5.82 Å². The van der Waals surface area contributed by atoms with Gasteiger partial charge in [0, 0.05) is 18.5 Å². The number of hydrogen-bond donors (Lipinski definition) is 1. The second-order valence-electron chi connectivity index (χ2n) is 8.63. The SMILES string of the molecule is Cc1ccc(S(=O)(=O)N2CCC3=Cc4c(cnn4-c4ccc(F)cc4)C[C@]3(CO)C2)cc1. The van der Waals surface area contributed by atoms with Crippen molar-refractivity contribution in [1.82, 2.24) is 14.1 Å². The normalized spacial score (nSPS) is 21.0. The fourth-order valence-corrected chi connectivity index (χ4v) is 6.22. The first-order valence-corrected chi connectivity index (χ1v) is 12.0. The molecule has 0 radical (unpaired) electrons. The van der Waals surface area contributed by atoms with Crippen LogP contribution in [0, 0.1) is 18.2 Å². The predicted molar refractivity (Wildman–Crippen MR) is 119 cm³/mol. The number of aliphatic hydroxyl groups excluding tert-OH is 1. The van der Waals surface area contributed by atoms with Crippen LogP contribution in [-0.4, -0.2) is 47.3 Å². The zero-order valence-corrected chi connectivity index (χ0v) is 18.5. The third-order valence-corrected chi connectivity index (χ3v) is 8.41. The average molecular weight is 454 g/mol. The minimum Gasteiger partial charge on any atom is -0.395 e. The molecular formula is C24H24FN3O3S. The van der Waals surface area contributed by atoms with Gasteiger partial charge < -0.3 is 5.11 Å².